The van der Waals surface area contributed by atoms with Gasteiger partial charge in [-0.15, -0.1) is 11.3 Å². The normalized spacial score (nSPS) is 11.6. The van der Waals surface area contributed by atoms with Gasteiger partial charge in [0.25, 0.3) is 5.91 Å². The van der Waals surface area contributed by atoms with Gasteiger partial charge in [0.15, 0.2) is 6.04 Å². The summed E-state index contributed by atoms with van der Waals surface area (Å²) in [7, 11) is 0. The number of nitriles is 1. The predicted octanol–water partition coefficient (Wildman–Crippen LogP) is 3.36. The minimum Gasteiger partial charge on any atom is -0.332 e. The topological polar surface area (TPSA) is 52.9 Å². The molecule has 0 aliphatic heterocycles. The van der Waals surface area contributed by atoms with Crippen LogP contribution in [0, 0.1) is 25.2 Å². The van der Waals surface area contributed by atoms with Crippen LogP contribution in [0.1, 0.15) is 32.4 Å². The minimum atomic E-state index is -0.589. The maximum Gasteiger partial charge on any atom is 0.252 e. The lowest BCUT2D eigenvalue weighted by atomic mass is 10.1. The van der Waals surface area contributed by atoms with E-state index in [0.717, 1.165) is 16.0 Å². The summed E-state index contributed by atoms with van der Waals surface area (Å²) in [4.78, 5) is 13.0. The number of nitrogens with one attached hydrogen (secondary N) is 1. The molecule has 0 radical (unpaired) electrons. The smallest absolute Gasteiger partial charge is 0.252 e. The Labute approximate surface area is 116 Å². The maximum absolute atomic E-state index is 12.1. The van der Waals surface area contributed by atoms with Crippen LogP contribution in [0.25, 0.3) is 0 Å². The molecule has 1 aromatic carbocycles. The molecule has 4 heteroatoms. The van der Waals surface area contributed by atoms with Crippen LogP contribution in [-0.4, -0.2) is 5.91 Å². The second-order valence-corrected chi connectivity index (χ2v) is 5.33. The first-order valence-electron chi connectivity index (χ1n) is 5.93. The lowest BCUT2D eigenvalue weighted by Gasteiger charge is -2.11. The van der Waals surface area contributed by atoms with E-state index >= 15 is 0 Å². The summed E-state index contributed by atoms with van der Waals surface area (Å²) in [6.07, 6.45) is 0. The van der Waals surface area contributed by atoms with Crippen molar-refractivity contribution in [3.05, 3.63) is 57.3 Å². The van der Waals surface area contributed by atoms with Gasteiger partial charge < -0.3 is 5.32 Å². The highest BCUT2D eigenvalue weighted by Gasteiger charge is 2.16. The van der Waals surface area contributed by atoms with E-state index in [2.05, 4.69) is 11.4 Å². The summed E-state index contributed by atoms with van der Waals surface area (Å²) < 4.78 is 0. The third-order valence-electron chi connectivity index (χ3n) is 3.00. The van der Waals surface area contributed by atoms with E-state index in [4.69, 9.17) is 5.26 Å². The minimum absolute atomic E-state index is 0.219. The quantitative estimate of drug-likeness (QED) is 0.929. The van der Waals surface area contributed by atoms with Crippen molar-refractivity contribution in [1.29, 1.82) is 5.26 Å². The standard InChI is InChI=1S/C15H14N2OS/c1-10-5-6-12(8-11(10)2)15(18)17-13(9-16)14-4-3-7-19-14/h3-8,13H,1-2H3,(H,17,18). The van der Waals surface area contributed by atoms with Crippen LogP contribution >= 0.6 is 11.3 Å². The number of hydrogen-bond acceptors (Lipinski definition) is 3. The van der Waals surface area contributed by atoms with Crippen LogP contribution in [-0.2, 0) is 0 Å². The number of nitrogens with zero attached hydrogens (tertiary/aromatic N) is 1. The number of carbonyl (C=O) groups excluding carboxylic acids is 1. The summed E-state index contributed by atoms with van der Waals surface area (Å²) in [6.45, 7) is 3.97. The lowest BCUT2D eigenvalue weighted by molar-refractivity contribution is 0.0945. The molecule has 0 aliphatic carbocycles. The molecule has 19 heavy (non-hydrogen) atoms. The van der Waals surface area contributed by atoms with Gasteiger partial charge in [0, 0.05) is 10.4 Å². The van der Waals surface area contributed by atoms with Crippen molar-refractivity contribution in [2.45, 2.75) is 19.9 Å². The van der Waals surface area contributed by atoms with Crippen molar-refractivity contribution < 1.29 is 4.79 Å². The molecule has 0 bridgehead atoms. The second-order valence-electron chi connectivity index (χ2n) is 4.35. The van der Waals surface area contributed by atoms with E-state index in [1.165, 1.54) is 11.3 Å². The van der Waals surface area contributed by atoms with Crippen LogP contribution in [0.4, 0.5) is 0 Å². The molecule has 2 rings (SSSR count). The summed E-state index contributed by atoms with van der Waals surface area (Å²) in [5.74, 6) is -0.219. The second kappa shape index (κ2) is 5.68. The molecule has 0 saturated heterocycles. The third kappa shape index (κ3) is 3.01. The molecule has 1 aromatic heterocycles. The number of amides is 1. The average Bonchev–Trinajstić information content (AvgIpc) is 2.92. The van der Waals surface area contributed by atoms with E-state index in [9.17, 15) is 4.79 Å². The predicted molar refractivity (Wildman–Crippen MR) is 76.1 cm³/mol. The van der Waals surface area contributed by atoms with E-state index < -0.39 is 6.04 Å². The molecule has 0 saturated carbocycles. The van der Waals surface area contributed by atoms with Gasteiger partial charge in [0.05, 0.1) is 6.07 Å². The first-order valence-corrected chi connectivity index (χ1v) is 6.81. The van der Waals surface area contributed by atoms with Crippen molar-refractivity contribution >= 4 is 17.2 Å². The van der Waals surface area contributed by atoms with Gasteiger partial charge in [-0.2, -0.15) is 5.26 Å². The summed E-state index contributed by atoms with van der Waals surface area (Å²) >= 11 is 1.46. The van der Waals surface area contributed by atoms with Gasteiger partial charge >= 0.3 is 0 Å². The van der Waals surface area contributed by atoms with E-state index in [0.29, 0.717) is 5.56 Å². The molecule has 1 heterocycles. The zero-order valence-electron chi connectivity index (χ0n) is 10.8. The van der Waals surface area contributed by atoms with Crippen LogP contribution in [0.15, 0.2) is 35.7 Å². The largest absolute Gasteiger partial charge is 0.332 e. The first-order chi connectivity index (χ1) is 9.11. The number of carbonyl (C=O) groups is 1. The fourth-order valence-electron chi connectivity index (χ4n) is 1.72. The Kier molecular flexibility index (Phi) is 3.98. The zero-order valence-corrected chi connectivity index (χ0v) is 11.6. The van der Waals surface area contributed by atoms with Crippen molar-refractivity contribution in [3.63, 3.8) is 0 Å². The van der Waals surface area contributed by atoms with E-state index in [1.807, 2.05) is 43.5 Å². The molecule has 3 nitrogen and oxygen atoms in total. The summed E-state index contributed by atoms with van der Waals surface area (Å²) in [5.41, 5.74) is 2.80. The highest BCUT2D eigenvalue weighted by Crippen LogP contribution is 2.19. The highest BCUT2D eigenvalue weighted by molar-refractivity contribution is 7.10. The van der Waals surface area contributed by atoms with E-state index in [-0.39, 0.29) is 5.91 Å². The van der Waals surface area contributed by atoms with Crippen molar-refractivity contribution in [1.82, 2.24) is 5.32 Å². The fourth-order valence-corrected chi connectivity index (χ4v) is 2.44. The van der Waals surface area contributed by atoms with Crippen LogP contribution in [0.5, 0.6) is 0 Å². The van der Waals surface area contributed by atoms with Gasteiger partial charge in [0.2, 0.25) is 0 Å². The molecule has 0 fully saturated rings. The lowest BCUT2D eigenvalue weighted by Crippen LogP contribution is -2.27. The number of benzene rings is 1. The molecule has 2 aromatic rings. The Morgan fingerprint density at radius 1 is 1.32 bits per heavy atom. The summed E-state index contributed by atoms with van der Waals surface area (Å²) in [6, 6.07) is 10.8. The molecule has 1 N–H and O–H groups in total. The van der Waals surface area contributed by atoms with Crippen LogP contribution in [0.3, 0.4) is 0 Å². The maximum atomic E-state index is 12.1. The molecule has 0 spiro atoms. The Hall–Kier alpha value is -2.12. The fraction of sp³-hybridized carbons (Fsp3) is 0.200. The number of hydrogen-bond donors (Lipinski definition) is 1. The highest BCUT2D eigenvalue weighted by atomic mass is 32.1. The van der Waals surface area contributed by atoms with Gasteiger partial charge in [-0.3, -0.25) is 4.79 Å². The molecule has 1 amide bonds. The molecular weight excluding hydrogens is 256 g/mol. The van der Waals surface area contributed by atoms with Gasteiger partial charge in [0.1, 0.15) is 0 Å². The van der Waals surface area contributed by atoms with Gasteiger partial charge in [-0.25, -0.2) is 0 Å². The first kappa shape index (κ1) is 13.3. The van der Waals surface area contributed by atoms with Crippen molar-refractivity contribution in [2.75, 3.05) is 0 Å². The Balaban J connectivity index is 2.16. The number of aryl methyl sites for hydroxylation is 2. The number of thiophene rings is 1. The third-order valence-corrected chi connectivity index (χ3v) is 3.94. The Bertz CT molecular complexity index is 626. The molecule has 0 aliphatic rings. The van der Waals surface area contributed by atoms with Crippen molar-refractivity contribution in [2.24, 2.45) is 0 Å². The van der Waals surface area contributed by atoms with Gasteiger partial charge in [-0.05, 0) is 48.6 Å². The monoisotopic (exact) mass is 270 g/mol. The Morgan fingerprint density at radius 3 is 2.68 bits per heavy atom. The SMILES string of the molecule is Cc1ccc(C(=O)NC(C#N)c2cccs2)cc1C. The van der Waals surface area contributed by atoms with Crippen LogP contribution < -0.4 is 5.32 Å². The average molecular weight is 270 g/mol. The molecule has 96 valence electrons. The zero-order chi connectivity index (χ0) is 13.8. The molecule has 1 atom stereocenters. The van der Waals surface area contributed by atoms with Gasteiger partial charge in [-0.1, -0.05) is 12.1 Å². The Morgan fingerprint density at radius 2 is 2.11 bits per heavy atom. The molecule has 1 unspecified atom stereocenters. The number of rotatable bonds is 3. The van der Waals surface area contributed by atoms with Crippen molar-refractivity contribution in [3.8, 4) is 6.07 Å². The van der Waals surface area contributed by atoms with Crippen LogP contribution in [0.2, 0.25) is 0 Å². The molecular formula is C15H14N2OS. The van der Waals surface area contributed by atoms with E-state index in [1.54, 1.807) is 6.07 Å². The summed E-state index contributed by atoms with van der Waals surface area (Å²) in [5, 5.41) is 13.8.